The van der Waals surface area contributed by atoms with E-state index in [1.54, 1.807) is 19.9 Å². The molecule has 37 heavy (non-hydrogen) atoms. The van der Waals surface area contributed by atoms with Crippen molar-refractivity contribution in [3.8, 4) is 5.75 Å². The zero-order valence-electron chi connectivity index (χ0n) is 21.1. The van der Waals surface area contributed by atoms with Crippen molar-refractivity contribution in [3.05, 3.63) is 75.6 Å². The summed E-state index contributed by atoms with van der Waals surface area (Å²) in [7, 11) is 0. The SMILES string of the molecule is C=C(Cc1ccc([N+](=O)[O-])o1)N(CCc1csc(SC(C)(C)C(=O)O)n1)c1ccc(OCCCC)cc1. The Kier molecular flexibility index (Phi) is 9.76. The summed E-state index contributed by atoms with van der Waals surface area (Å²) in [5.41, 5.74) is 2.45. The molecule has 0 fully saturated rings. The molecule has 0 radical (unpaired) electrons. The highest BCUT2D eigenvalue weighted by Gasteiger charge is 2.30. The summed E-state index contributed by atoms with van der Waals surface area (Å²) in [4.78, 5) is 28.5. The monoisotopic (exact) mass is 545 g/mol. The van der Waals surface area contributed by atoms with Crippen molar-refractivity contribution in [3.63, 3.8) is 0 Å². The van der Waals surface area contributed by atoms with Gasteiger partial charge in [0.25, 0.3) is 0 Å². The minimum Gasteiger partial charge on any atom is -0.494 e. The summed E-state index contributed by atoms with van der Waals surface area (Å²) < 4.78 is 10.8. The predicted octanol–water partition coefficient (Wildman–Crippen LogP) is 6.58. The number of aliphatic carboxylic acids is 1. The highest BCUT2D eigenvalue weighted by atomic mass is 32.2. The topological polar surface area (TPSA) is 119 Å². The van der Waals surface area contributed by atoms with Gasteiger partial charge >= 0.3 is 11.9 Å². The summed E-state index contributed by atoms with van der Waals surface area (Å²) in [5, 5.41) is 22.3. The molecule has 0 aliphatic rings. The number of furan rings is 1. The van der Waals surface area contributed by atoms with Crippen molar-refractivity contribution in [2.75, 3.05) is 18.1 Å². The number of carbonyl (C=O) groups is 1. The Morgan fingerprint density at radius 2 is 2.03 bits per heavy atom. The van der Waals surface area contributed by atoms with Gasteiger partial charge < -0.3 is 19.2 Å². The standard InChI is InChI=1S/C26H31N3O6S2/c1-5-6-15-34-21-9-7-20(8-10-21)28(18(2)16-22-11-12-23(35-22)29(32)33)14-13-19-17-36-25(27-19)37-26(3,4)24(30)31/h7-12,17H,2,5-6,13-16H2,1,3-4H3,(H,30,31). The molecule has 0 saturated carbocycles. The number of carboxylic acid groups (broad SMARTS) is 1. The second-order valence-corrected chi connectivity index (χ2v) is 11.6. The maximum Gasteiger partial charge on any atom is 0.433 e. The van der Waals surface area contributed by atoms with Crippen LogP contribution in [-0.4, -0.2) is 38.9 Å². The third kappa shape index (κ3) is 8.09. The number of allylic oxidation sites excluding steroid dienone is 1. The van der Waals surface area contributed by atoms with Crippen LogP contribution in [0.4, 0.5) is 11.6 Å². The normalized spacial score (nSPS) is 11.3. The summed E-state index contributed by atoms with van der Waals surface area (Å²) >= 11 is 2.64. The van der Waals surface area contributed by atoms with Crippen LogP contribution in [0.15, 0.2) is 62.8 Å². The summed E-state index contributed by atoms with van der Waals surface area (Å²) in [5.74, 6) is 0.0350. The number of hydrogen-bond donors (Lipinski definition) is 1. The Hall–Kier alpha value is -3.31. The molecule has 3 rings (SSSR count). The van der Waals surface area contributed by atoms with Gasteiger partial charge in [-0.05, 0) is 50.6 Å². The molecule has 0 amide bonds. The molecule has 0 aliphatic carbocycles. The predicted molar refractivity (Wildman–Crippen MR) is 146 cm³/mol. The van der Waals surface area contributed by atoms with Crippen LogP contribution >= 0.6 is 23.1 Å². The number of thiazole rings is 1. The Bertz CT molecular complexity index is 1220. The molecule has 0 unspecified atom stereocenters. The third-order valence-corrected chi connectivity index (χ3v) is 7.65. The Balaban J connectivity index is 1.74. The van der Waals surface area contributed by atoms with Gasteiger partial charge in [0.15, 0.2) is 4.34 Å². The van der Waals surface area contributed by atoms with E-state index >= 15 is 0 Å². The van der Waals surface area contributed by atoms with Gasteiger partial charge in [-0.2, -0.15) is 0 Å². The molecular formula is C26H31N3O6S2. The average Bonchev–Trinajstić information content (AvgIpc) is 3.49. The van der Waals surface area contributed by atoms with E-state index in [-0.39, 0.29) is 5.88 Å². The van der Waals surface area contributed by atoms with E-state index in [4.69, 9.17) is 9.15 Å². The van der Waals surface area contributed by atoms with Crippen molar-refractivity contribution in [2.45, 2.75) is 55.5 Å². The van der Waals surface area contributed by atoms with Gasteiger partial charge in [-0.3, -0.25) is 14.9 Å². The lowest BCUT2D eigenvalue weighted by Gasteiger charge is -2.26. The number of rotatable bonds is 15. The zero-order chi connectivity index (χ0) is 27.0. The molecule has 0 saturated heterocycles. The van der Waals surface area contributed by atoms with E-state index < -0.39 is 15.6 Å². The van der Waals surface area contributed by atoms with Gasteiger partial charge in [0.1, 0.15) is 21.2 Å². The average molecular weight is 546 g/mol. The first-order chi connectivity index (χ1) is 17.6. The smallest absolute Gasteiger partial charge is 0.433 e. The maximum atomic E-state index is 11.5. The highest BCUT2D eigenvalue weighted by molar-refractivity contribution is 8.03. The van der Waals surface area contributed by atoms with Gasteiger partial charge in [-0.25, -0.2) is 4.98 Å². The van der Waals surface area contributed by atoms with E-state index in [1.165, 1.54) is 29.2 Å². The van der Waals surface area contributed by atoms with Gasteiger partial charge in [-0.15, -0.1) is 11.3 Å². The van der Waals surface area contributed by atoms with Crippen molar-refractivity contribution in [1.82, 2.24) is 4.98 Å². The van der Waals surface area contributed by atoms with Crippen LogP contribution in [0, 0.1) is 10.1 Å². The van der Waals surface area contributed by atoms with E-state index in [1.807, 2.05) is 34.5 Å². The van der Waals surface area contributed by atoms with Gasteiger partial charge in [0.05, 0.1) is 18.4 Å². The van der Waals surface area contributed by atoms with Crippen LogP contribution in [0.5, 0.6) is 5.75 Å². The first-order valence-corrected chi connectivity index (χ1v) is 13.6. The molecular weight excluding hydrogens is 514 g/mol. The second-order valence-electron chi connectivity index (χ2n) is 8.86. The summed E-state index contributed by atoms with van der Waals surface area (Å²) in [6, 6.07) is 10.6. The van der Waals surface area contributed by atoms with Crippen LogP contribution in [0.1, 0.15) is 45.1 Å². The Morgan fingerprint density at radius 3 is 2.65 bits per heavy atom. The molecule has 2 heterocycles. The minimum absolute atomic E-state index is 0.299. The number of nitro groups is 1. The van der Waals surface area contributed by atoms with Crippen molar-refractivity contribution < 1.29 is 24.0 Å². The Morgan fingerprint density at radius 1 is 1.30 bits per heavy atom. The van der Waals surface area contributed by atoms with Gasteiger partial charge in [-0.1, -0.05) is 31.7 Å². The minimum atomic E-state index is -0.970. The summed E-state index contributed by atoms with van der Waals surface area (Å²) in [6.45, 7) is 10.9. The quantitative estimate of drug-likeness (QED) is 0.0976. The number of carboxylic acids is 1. The first-order valence-electron chi connectivity index (χ1n) is 11.9. The van der Waals surface area contributed by atoms with Crippen molar-refractivity contribution >= 4 is 40.6 Å². The number of ether oxygens (including phenoxy) is 1. The zero-order valence-corrected chi connectivity index (χ0v) is 22.8. The van der Waals surface area contributed by atoms with Gasteiger partial charge in [0.2, 0.25) is 0 Å². The number of unbranched alkanes of at least 4 members (excludes halogenated alkanes) is 1. The molecule has 3 aromatic rings. The molecule has 11 heteroatoms. The lowest BCUT2D eigenvalue weighted by molar-refractivity contribution is -0.402. The molecule has 0 spiro atoms. The lowest BCUT2D eigenvalue weighted by atomic mass is 10.2. The third-order valence-electron chi connectivity index (χ3n) is 5.48. The van der Waals surface area contributed by atoms with Crippen LogP contribution in [-0.2, 0) is 17.6 Å². The number of anilines is 1. The van der Waals surface area contributed by atoms with Crippen molar-refractivity contribution in [2.24, 2.45) is 0 Å². The molecule has 2 aromatic heterocycles. The van der Waals surface area contributed by atoms with Crippen LogP contribution in [0.2, 0.25) is 0 Å². The fourth-order valence-corrected chi connectivity index (χ4v) is 5.55. The number of benzene rings is 1. The van der Waals surface area contributed by atoms with Crippen LogP contribution < -0.4 is 9.64 Å². The number of nitrogens with zero attached hydrogens (tertiary/aromatic N) is 3. The maximum absolute atomic E-state index is 11.5. The summed E-state index contributed by atoms with van der Waals surface area (Å²) in [6.07, 6.45) is 2.93. The van der Waals surface area contributed by atoms with E-state index in [9.17, 15) is 20.0 Å². The van der Waals surface area contributed by atoms with E-state index in [2.05, 4.69) is 18.5 Å². The van der Waals surface area contributed by atoms with Crippen molar-refractivity contribution in [1.29, 1.82) is 0 Å². The molecule has 0 bridgehead atoms. The number of aromatic nitrogens is 1. The second kappa shape index (κ2) is 12.8. The fourth-order valence-electron chi connectivity index (χ4n) is 3.32. The Labute approximate surface area is 224 Å². The largest absolute Gasteiger partial charge is 0.494 e. The molecule has 1 N–H and O–H groups in total. The van der Waals surface area contributed by atoms with Gasteiger partial charge in [0, 0.05) is 36.2 Å². The molecule has 0 atom stereocenters. The molecule has 198 valence electrons. The first kappa shape index (κ1) is 28.3. The van der Waals surface area contributed by atoms with Crippen LogP contribution in [0.3, 0.4) is 0 Å². The van der Waals surface area contributed by atoms with Crippen LogP contribution in [0.25, 0.3) is 0 Å². The highest BCUT2D eigenvalue weighted by Crippen LogP contribution is 2.35. The fraction of sp³-hybridized carbons (Fsp3) is 0.385. The van der Waals surface area contributed by atoms with E-state index in [0.29, 0.717) is 41.8 Å². The molecule has 9 nitrogen and oxygen atoms in total. The van der Waals surface area contributed by atoms with E-state index in [0.717, 1.165) is 30.0 Å². The lowest BCUT2D eigenvalue weighted by Crippen LogP contribution is -2.27. The number of hydrogen-bond acceptors (Lipinski definition) is 9. The molecule has 1 aromatic carbocycles. The molecule has 0 aliphatic heterocycles. The number of thioether (sulfide) groups is 1.